The predicted octanol–water partition coefficient (Wildman–Crippen LogP) is 3.77. The van der Waals surface area contributed by atoms with Crippen LogP contribution in [0.2, 0.25) is 0 Å². The zero-order chi connectivity index (χ0) is 13.5. The molecule has 1 aromatic carbocycles. The van der Waals surface area contributed by atoms with E-state index in [0.29, 0.717) is 6.04 Å². The van der Waals surface area contributed by atoms with Gasteiger partial charge in [-0.15, -0.1) is 0 Å². The minimum atomic E-state index is 0.657. The van der Waals surface area contributed by atoms with E-state index in [4.69, 9.17) is 0 Å². The lowest BCUT2D eigenvalue weighted by molar-refractivity contribution is 0.236. The first kappa shape index (κ1) is 15.0. The van der Waals surface area contributed by atoms with E-state index in [1.165, 1.54) is 17.7 Å². The van der Waals surface area contributed by atoms with E-state index in [-0.39, 0.29) is 0 Å². The summed E-state index contributed by atoms with van der Waals surface area (Å²) in [5.41, 5.74) is 2.52. The van der Waals surface area contributed by atoms with Gasteiger partial charge in [0.15, 0.2) is 0 Å². The van der Waals surface area contributed by atoms with Crippen molar-refractivity contribution in [3.05, 3.63) is 29.8 Å². The largest absolute Gasteiger partial charge is 0.384 e. The average molecular weight is 248 g/mol. The predicted molar refractivity (Wildman–Crippen MR) is 81.2 cm³/mol. The minimum absolute atomic E-state index is 0.657. The summed E-state index contributed by atoms with van der Waals surface area (Å²) in [6, 6.07) is 9.24. The Morgan fingerprint density at radius 3 is 2.28 bits per heavy atom. The van der Waals surface area contributed by atoms with Crippen molar-refractivity contribution < 1.29 is 0 Å². The summed E-state index contributed by atoms with van der Waals surface area (Å²) in [7, 11) is 2.21. The number of nitrogens with one attached hydrogen (secondary N) is 1. The summed E-state index contributed by atoms with van der Waals surface area (Å²) in [6.45, 7) is 11.1. The van der Waals surface area contributed by atoms with Crippen LogP contribution in [0.3, 0.4) is 0 Å². The third kappa shape index (κ3) is 5.54. The number of benzene rings is 1. The molecule has 0 amide bonds. The summed E-state index contributed by atoms with van der Waals surface area (Å²) in [6.07, 6.45) is 1.26. The van der Waals surface area contributed by atoms with E-state index in [1.54, 1.807) is 0 Å². The van der Waals surface area contributed by atoms with Crippen LogP contribution in [0.15, 0.2) is 24.3 Å². The molecular formula is C16H28N2. The molecule has 0 aliphatic heterocycles. The van der Waals surface area contributed by atoms with E-state index in [1.807, 2.05) is 0 Å². The fourth-order valence-corrected chi connectivity index (χ4v) is 2.13. The maximum Gasteiger partial charge on any atom is 0.0340 e. The molecule has 102 valence electrons. The Bertz CT molecular complexity index is 329. The summed E-state index contributed by atoms with van der Waals surface area (Å²) in [4.78, 5) is 2.43. The molecule has 0 saturated heterocycles. The average Bonchev–Trinajstić information content (AvgIpc) is 2.30. The molecule has 1 N–H and O–H groups in total. The fraction of sp³-hybridized carbons (Fsp3) is 0.625. The Kier molecular flexibility index (Phi) is 6.20. The van der Waals surface area contributed by atoms with Crippen molar-refractivity contribution >= 4 is 5.69 Å². The molecule has 18 heavy (non-hydrogen) atoms. The monoisotopic (exact) mass is 248 g/mol. The van der Waals surface area contributed by atoms with Gasteiger partial charge in [-0.3, -0.25) is 0 Å². The van der Waals surface area contributed by atoms with Gasteiger partial charge < -0.3 is 10.2 Å². The van der Waals surface area contributed by atoms with Crippen molar-refractivity contribution in [1.82, 2.24) is 4.90 Å². The third-order valence-electron chi connectivity index (χ3n) is 3.41. The highest BCUT2D eigenvalue weighted by Crippen LogP contribution is 2.10. The number of aryl methyl sites for hydroxylation is 1. The highest BCUT2D eigenvalue weighted by Gasteiger charge is 2.10. The molecule has 0 radical (unpaired) electrons. The fourth-order valence-electron chi connectivity index (χ4n) is 2.13. The van der Waals surface area contributed by atoms with Crippen LogP contribution in [-0.4, -0.2) is 31.1 Å². The quantitative estimate of drug-likeness (QED) is 0.790. The molecule has 1 aromatic rings. The van der Waals surface area contributed by atoms with Gasteiger partial charge >= 0.3 is 0 Å². The summed E-state index contributed by atoms with van der Waals surface area (Å²) in [5.74, 6) is 0.771. The first-order valence-electron chi connectivity index (χ1n) is 7.00. The number of hydrogen-bond acceptors (Lipinski definition) is 2. The highest BCUT2D eigenvalue weighted by molar-refractivity contribution is 5.44. The smallest absolute Gasteiger partial charge is 0.0340 e. The van der Waals surface area contributed by atoms with Crippen molar-refractivity contribution in [2.24, 2.45) is 5.92 Å². The van der Waals surface area contributed by atoms with Gasteiger partial charge in [0.05, 0.1) is 0 Å². The van der Waals surface area contributed by atoms with Crippen molar-refractivity contribution in [2.75, 3.05) is 25.5 Å². The molecule has 1 atom stereocenters. The molecule has 0 fully saturated rings. The van der Waals surface area contributed by atoms with Gasteiger partial charge in [-0.2, -0.15) is 0 Å². The van der Waals surface area contributed by atoms with Crippen LogP contribution in [0.1, 0.15) is 32.8 Å². The van der Waals surface area contributed by atoms with E-state index < -0.39 is 0 Å². The number of rotatable bonds is 7. The minimum Gasteiger partial charge on any atom is -0.384 e. The van der Waals surface area contributed by atoms with Crippen molar-refractivity contribution in [1.29, 1.82) is 0 Å². The van der Waals surface area contributed by atoms with Crippen LogP contribution in [0, 0.1) is 12.8 Å². The Morgan fingerprint density at radius 1 is 1.11 bits per heavy atom. The Labute approximate surface area is 112 Å². The molecule has 2 heteroatoms. The van der Waals surface area contributed by atoms with Gasteiger partial charge in [0.2, 0.25) is 0 Å². The molecule has 1 rings (SSSR count). The Hall–Kier alpha value is -1.02. The molecule has 0 saturated carbocycles. The molecule has 1 unspecified atom stereocenters. The molecule has 0 aliphatic rings. The van der Waals surface area contributed by atoms with Gasteiger partial charge in [0, 0.05) is 24.8 Å². The second kappa shape index (κ2) is 7.42. The molecule has 0 heterocycles. The van der Waals surface area contributed by atoms with Crippen LogP contribution in [0.5, 0.6) is 0 Å². The van der Waals surface area contributed by atoms with Gasteiger partial charge in [-0.05, 0) is 45.4 Å². The van der Waals surface area contributed by atoms with Crippen molar-refractivity contribution in [3.63, 3.8) is 0 Å². The Morgan fingerprint density at radius 2 is 1.72 bits per heavy atom. The van der Waals surface area contributed by atoms with Crippen LogP contribution >= 0.6 is 0 Å². The first-order valence-corrected chi connectivity index (χ1v) is 7.00. The summed E-state index contributed by atoms with van der Waals surface area (Å²) >= 11 is 0. The highest BCUT2D eigenvalue weighted by atomic mass is 15.1. The number of nitrogens with zero attached hydrogens (tertiary/aromatic N) is 1. The van der Waals surface area contributed by atoms with Gasteiger partial charge in [0.25, 0.3) is 0 Å². The van der Waals surface area contributed by atoms with Crippen molar-refractivity contribution in [2.45, 2.75) is 40.2 Å². The molecule has 0 bridgehead atoms. The van der Waals surface area contributed by atoms with Crippen LogP contribution in [0.4, 0.5) is 5.69 Å². The van der Waals surface area contributed by atoms with Crippen LogP contribution in [0.25, 0.3) is 0 Å². The topological polar surface area (TPSA) is 15.3 Å². The van der Waals surface area contributed by atoms with Crippen LogP contribution < -0.4 is 5.32 Å². The lowest BCUT2D eigenvalue weighted by Crippen LogP contribution is -2.34. The number of hydrogen-bond donors (Lipinski definition) is 1. The number of likely N-dealkylation sites (N-methyl/N-ethyl adjacent to an activating group) is 1. The standard InChI is InChI=1S/C16H28N2/c1-13(2)12-15(4)18(5)11-10-17-16-8-6-14(3)7-9-16/h6-9,13,15,17H,10-12H2,1-5H3. The lowest BCUT2D eigenvalue weighted by atomic mass is 10.0. The van der Waals surface area contributed by atoms with Crippen LogP contribution in [-0.2, 0) is 0 Å². The van der Waals surface area contributed by atoms with E-state index in [9.17, 15) is 0 Å². The maximum atomic E-state index is 3.47. The van der Waals surface area contributed by atoms with E-state index in [2.05, 4.69) is 69.2 Å². The number of anilines is 1. The summed E-state index contributed by atoms with van der Waals surface area (Å²) in [5, 5.41) is 3.47. The second-order valence-electron chi connectivity index (χ2n) is 5.75. The normalized spacial score (nSPS) is 13.1. The van der Waals surface area contributed by atoms with Gasteiger partial charge in [-0.1, -0.05) is 31.5 Å². The maximum absolute atomic E-state index is 3.47. The van der Waals surface area contributed by atoms with Gasteiger partial charge in [-0.25, -0.2) is 0 Å². The van der Waals surface area contributed by atoms with E-state index in [0.717, 1.165) is 19.0 Å². The molecule has 0 aromatic heterocycles. The zero-order valence-corrected chi connectivity index (χ0v) is 12.5. The molecule has 0 aliphatic carbocycles. The van der Waals surface area contributed by atoms with E-state index >= 15 is 0 Å². The Balaban J connectivity index is 2.26. The lowest BCUT2D eigenvalue weighted by Gasteiger charge is -2.26. The third-order valence-corrected chi connectivity index (χ3v) is 3.41. The first-order chi connectivity index (χ1) is 8.49. The van der Waals surface area contributed by atoms with Gasteiger partial charge in [0.1, 0.15) is 0 Å². The summed E-state index contributed by atoms with van der Waals surface area (Å²) < 4.78 is 0. The molecular weight excluding hydrogens is 220 g/mol. The molecule has 2 nitrogen and oxygen atoms in total. The zero-order valence-electron chi connectivity index (χ0n) is 12.5. The molecule has 0 spiro atoms. The second-order valence-corrected chi connectivity index (χ2v) is 5.75. The SMILES string of the molecule is Cc1ccc(NCCN(C)C(C)CC(C)C)cc1. The van der Waals surface area contributed by atoms with Crippen molar-refractivity contribution in [3.8, 4) is 0 Å².